The van der Waals surface area contributed by atoms with Crippen molar-refractivity contribution in [1.29, 1.82) is 0 Å². The van der Waals surface area contributed by atoms with E-state index in [1.807, 2.05) is 0 Å². The third kappa shape index (κ3) is 4.05. The lowest BCUT2D eigenvalue weighted by Gasteiger charge is -2.28. The minimum atomic E-state index is -4.39. The highest BCUT2D eigenvalue weighted by molar-refractivity contribution is 6.76. The van der Waals surface area contributed by atoms with Crippen molar-refractivity contribution in [3.8, 4) is 0 Å². The highest BCUT2D eigenvalue weighted by Gasteiger charge is 2.36. The quantitative estimate of drug-likeness (QED) is 0.612. The maximum Gasteiger partial charge on any atom is 0.416 e. The molecule has 1 aliphatic heterocycles. The number of hydrogen-bond donors (Lipinski definition) is 0. The Bertz CT molecular complexity index is 576. The molecule has 8 heteroatoms. The summed E-state index contributed by atoms with van der Waals surface area (Å²) in [4.78, 5) is 3.91. The molecule has 0 saturated heterocycles. The molecule has 0 radical (unpaired) electrons. The SMILES string of the molecule is C=C1CC(c2ccc(C(F)(F)F)cc2)OC(C(Cl)(Cl)Cl)=N1. The maximum atomic E-state index is 12.5. The van der Waals surface area contributed by atoms with Crippen LogP contribution in [0.4, 0.5) is 13.2 Å². The lowest BCUT2D eigenvalue weighted by Crippen LogP contribution is -2.28. The predicted octanol–water partition coefficient (Wildman–Crippen LogP) is 5.45. The van der Waals surface area contributed by atoms with Gasteiger partial charge in [0.2, 0.25) is 5.90 Å². The molecule has 1 atom stereocenters. The summed E-state index contributed by atoms with van der Waals surface area (Å²) in [6.45, 7) is 3.69. The van der Waals surface area contributed by atoms with Crippen LogP contribution < -0.4 is 0 Å². The van der Waals surface area contributed by atoms with E-state index in [0.29, 0.717) is 17.7 Å². The summed E-state index contributed by atoms with van der Waals surface area (Å²) >= 11 is 17.1. The molecule has 1 heterocycles. The molecule has 0 spiro atoms. The van der Waals surface area contributed by atoms with Crippen molar-refractivity contribution in [2.75, 3.05) is 0 Å². The molecule has 1 aliphatic rings. The second-order valence-electron chi connectivity index (χ2n) is 4.41. The van der Waals surface area contributed by atoms with Gasteiger partial charge in [0.05, 0.1) is 5.56 Å². The van der Waals surface area contributed by atoms with Crippen LogP contribution in [-0.4, -0.2) is 9.69 Å². The van der Waals surface area contributed by atoms with Gasteiger partial charge in [0.1, 0.15) is 6.10 Å². The zero-order valence-electron chi connectivity index (χ0n) is 10.4. The van der Waals surface area contributed by atoms with Crippen LogP contribution in [-0.2, 0) is 10.9 Å². The van der Waals surface area contributed by atoms with E-state index in [0.717, 1.165) is 12.1 Å². The van der Waals surface area contributed by atoms with E-state index in [2.05, 4.69) is 11.6 Å². The van der Waals surface area contributed by atoms with Gasteiger partial charge in [0.15, 0.2) is 0 Å². The summed E-state index contributed by atoms with van der Waals surface area (Å²) < 4.78 is 41.2. The number of aliphatic imine (C=N–C) groups is 1. The second-order valence-corrected chi connectivity index (χ2v) is 6.69. The minimum absolute atomic E-state index is 0.145. The largest absolute Gasteiger partial charge is 0.469 e. The van der Waals surface area contributed by atoms with Crippen LogP contribution >= 0.6 is 34.8 Å². The van der Waals surface area contributed by atoms with Gasteiger partial charge in [-0.3, -0.25) is 0 Å². The number of alkyl halides is 6. The van der Waals surface area contributed by atoms with E-state index in [-0.39, 0.29) is 5.90 Å². The smallest absolute Gasteiger partial charge is 0.416 e. The van der Waals surface area contributed by atoms with Gasteiger partial charge in [-0.05, 0) is 17.7 Å². The lowest BCUT2D eigenvalue weighted by atomic mass is 10.0. The van der Waals surface area contributed by atoms with Gasteiger partial charge in [-0.1, -0.05) is 53.5 Å². The number of halogens is 6. The monoisotopic (exact) mass is 357 g/mol. The van der Waals surface area contributed by atoms with Gasteiger partial charge in [0.25, 0.3) is 3.79 Å². The number of benzene rings is 1. The number of nitrogens with zero attached hydrogens (tertiary/aromatic N) is 1. The molecule has 0 N–H and O–H groups in total. The first-order chi connectivity index (χ1) is 9.57. The maximum absolute atomic E-state index is 12.5. The van der Waals surface area contributed by atoms with E-state index >= 15 is 0 Å². The van der Waals surface area contributed by atoms with Crippen LogP contribution in [0.2, 0.25) is 0 Å². The van der Waals surface area contributed by atoms with Gasteiger partial charge in [-0.25, -0.2) is 4.99 Å². The minimum Gasteiger partial charge on any atom is -0.469 e. The van der Waals surface area contributed by atoms with Gasteiger partial charge >= 0.3 is 6.18 Å². The number of rotatable bonds is 1. The molecule has 0 fully saturated rings. The van der Waals surface area contributed by atoms with Crippen molar-refractivity contribution in [3.05, 3.63) is 47.7 Å². The first-order valence-electron chi connectivity index (χ1n) is 5.75. The first kappa shape index (κ1) is 16.5. The van der Waals surface area contributed by atoms with E-state index < -0.39 is 21.6 Å². The molecule has 1 aromatic rings. The molecular weight excluding hydrogens is 350 g/mol. The van der Waals surface area contributed by atoms with Crippen molar-refractivity contribution in [2.45, 2.75) is 22.5 Å². The molecule has 2 rings (SSSR count). The molecule has 114 valence electrons. The second kappa shape index (κ2) is 5.71. The predicted molar refractivity (Wildman–Crippen MR) is 76.8 cm³/mol. The number of hydrogen-bond acceptors (Lipinski definition) is 2. The molecule has 0 aromatic heterocycles. The molecule has 1 aromatic carbocycles. The van der Waals surface area contributed by atoms with Crippen LogP contribution in [0.5, 0.6) is 0 Å². The average molecular weight is 359 g/mol. The molecule has 0 bridgehead atoms. The highest BCUT2D eigenvalue weighted by atomic mass is 35.6. The standard InChI is InChI=1S/C13H9Cl3F3NO/c1-7-6-10(21-11(20-7)12(14,15)16)8-2-4-9(5-3-8)13(17,18)19/h2-5,10H,1,6H2. The Morgan fingerprint density at radius 2 is 1.71 bits per heavy atom. The van der Waals surface area contributed by atoms with Crippen molar-refractivity contribution >= 4 is 40.7 Å². The fourth-order valence-electron chi connectivity index (χ4n) is 1.81. The van der Waals surface area contributed by atoms with Gasteiger partial charge in [0, 0.05) is 12.1 Å². The van der Waals surface area contributed by atoms with Crippen molar-refractivity contribution < 1.29 is 17.9 Å². The Labute approximate surface area is 134 Å². The van der Waals surface area contributed by atoms with Crippen molar-refractivity contribution in [3.63, 3.8) is 0 Å². The molecule has 1 unspecified atom stereocenters. The topological polar surface area (TPSA) is 21.6 Å². The van der Waals surface area contributed by atoms with E-state index in [1.54, 1.807) is 0 Å². The fraction of sp³-hybridized carbons (Fsp3) is 0.308. The molecule has 0 aliphatic carbocycles. The van der Waals surface area contributed by atoms with Crippen LogP contribution in [0.15, 0.2) is 41.5 Å². The van der Waals surface area contributed by atoms with Gasteiger partial charge in [-0.15, -0.1) is 0 Å². The van der Waals surface area contributed by atoms with E-state index in [1.165, 1.54) is 12.1 Å². The molecule has 21 heavy (non-hydrogen) atoms. The highest BCUT2D eigenvalue weighted by Crippen LogP contribution is 2.38. The summed E-state index contributed by atoms with van der Waals surface area (Å²) in [5.41, 5.74) is 0.203. The Hall–Kier alpha value is -0.910. The van der Waals surface area contributed by atoms with Crippen LogP contribution in [0, 0.1) is 0 Å². The van der Waals surface area contributed by atoms with Gasteiger partial charge < -0.3 is 4.74 Å². The normalized spacial score (nSPS) is 20.0. The zero-order chi connectivity index (χ0) is 15.8. The summed E-state index contributed by atoms with van der Waals surface area (Å²) in [7, 11) is 0. The summed E-state index contributed by atoms with van der Waals surface area (Å²) in [5, 5.41) is 0. The summed E-state index contributed by atoms with van der Waals surface area (Å²) in [6, 6.07) is 4.59. The molecular formula is C13H9Cl3F3NO. The Balaban J connectivity index is 2.24. The molecule has 0 amide bonds. The molecule has 0 saturated carbocycles. The fourth-order valence-corrected chi connectivity index (χ4v) is 2.07. The van der Waals surface area contributed by atoms with E-state index in [4.69, 9.17) is 39.5 Å². The Morgan fingerprint density at radius 1 is 1.14 bits per heavy atom. The van der Waals surface area contributed by atoms with Crippen molar-refractivity contribution in [2.24, 2.45) is 4.99 Å². The third-order valence-corrected chi connectivity index (χ3v) is 3.27. The zero-order valence-corrected chi connectivity index (χ0v) is 12.7. The summed E-state index contributed by atoms with van der Waals surface area (Å²) in [5.74, 6) is -0.145. The lowest BCUT2D eigenvalue weighted by molar-refractivity contribution is -0.137. The molecule has 2 nitrogen and oxygen atoms in total. The Morgan fingerprint density at radius 3 is 2.19 bits per heavy atom. The number of ether oxygens (including phenoxy) is 1. The van der Waals surface area contributed by atoms with Crippen LogP contribution in [0.1, 0.15) is 23.7 Å². The van der Waals surface area contributed by atoms with Crippen LogP contribution in [0.25, 0.3) is 0 Å². The third-order valence-electron chi connectivity index (χ3n) is 2.79. The average Bonchev–Trinajstić information content (AvgIpc) is 2.36. The summed E-state index contributed by atoms with van der Waals surface area (Å²) in [6.07, 6.45) is -4.68. The Kier molecular flexibility index (Phi) is 4.47. The van der Waals surface area contributed by atoms with E-state index in [9.17, 15) is 13.2 Å². The van der Waals surface area contributed by atoms with Gasteiger partial charge in [-0.2, -0.15) is 13.2 Å². The first-order valence-corrected chi connectivity index (χ1v) is 6.88. The van der Waals surface area contributed by atoms with Crippen LogP contribution in [0.3, 0.4) is 0 Å². The van der Waals surface area contributed by atoms with Crippen molar-refractivity contribution in [1.82, 2.24) is 0 Å².